The molecule has 5 nitrogen and oxygen atoms in total. The van der Waals surface area contributed by atoms with E-state index in [2.05, 4.69) is 29.5 Å². The highest BCUT2D eigenvalue weighted by molar-refractivity contribution is 14.0. The standard InChI is InChI=1S/C21H33FN4O.HI/c1-3-23-21(25-18-7-4-16(2)5-8-18)24-15-17-6-9-20(19(22)14-17)26-10-12-27-13-11-26;/h6,9,14,16,18H,3-5,7-8,10-13,15H2,1-2H3,(H2,23,24,25);1H. The van der Waals surface area contributed by atoms with Gasteiger partial charge in [0.05, 0.1) is 25.4 Å². The van der Waals surface area contributed by atoms with E-state index in [9.17, 15) is 4.39 Å². The van der Waals surface area contributed by atoms with Crippen molar-refractivity contribution >= 4 is 35.6 Å². The Kier molecular flexibility index (Phi) is 9.77. The Labute approximate surface area is 185 Å². The van der Waals surface area contributed by atoms with E-state index >= 15 is 0 Å². The number of benzene rings is 1. The van der Waals surface area contributed by atoms with Crippen LogP contribution in [0.3, 0.4) is 0 Å². The summed E-state index contributed by atoms with van der Waals surface area (Å²) in [5.74, 6) is 1.48. The minimum Gasteiger partial charge on any atom is -0.378 e. The second kappa shape index (κ2) is 11.8. The number of ether oxygens (including phenoxy) is 1. The lowest BCUT2D eigenvalue weighted by molar-refractivity contribution is 0.122. The topological polar surface area (TPSA) is 48.9 Å². The van der Waals surface area contributed by atoms with Gasteiger partial charge in [-0.25, -0.2) is 9.38 Å². The predicted molar refractivity (Wildman–Crippen MR) is 124 cm³/mol. The van der Waals surface area contributed by atoms with Crippen LogP contribution in [-0.4, -0.2) is 44.8 Å². The maximum Gasteiger partial charge on any atom is 0.191 e. The SMILES string of the molecule is CCNC(=NCc1ccc(N2CCOCC2)c(F)c1)NC1CCC(C)CC1.I. The molecule has 1 aromatic rings. The number of rotatable bonds is 5. The molecule has 0 atom stereocenters. The van der Waals surface area contributed by atoms with E-state index in [0.717, 1.165) is 37.1 Å². The second-order valence-electron chi connectivity index (χ2n) is 7.68. The van der Waals surface area contributed by atoms with Gasteiger partial charge in [0.15, 0.2) is 5.96 Å². The summed E-state index contributed by atoms with van der Waals surface area (Å²) in [4.78, 5) is 6.72. The van der Waals surface area contributed by atoms with Crippen molar-refractivity contribution < 1.29 is 9.13 Å². The molecule has 0 radical (unpaired) electrons. The molecule has 7 heteroatoms. The molecular formula is C21H34FIN4O. The number of halogens is 2. The molecule has 0 unspecified atom stereocenters. The van der Waals surface area contributed by atoms with E-state index in [1.54, 1.807) is 6.07 Å². The molecule has 2 fully saturated rings. The molecule has 0 spiro atoms. The van der Waals surface area contributed by atoms with Crippen LogP contribution in [0.25, 0.3) is 0 Å². The average molecular weight is 504 g/mol. The van der Waals surface area contributed by atoms with E-state index in [1.165, 1.54) is 25.7 Å². The van der Waals surface area contributed by atoms with Crippen LogP contribution in [0.4, 0.5) is 10.1 Å². The minimum atomic E-state index is -0.177. The first-order valence-corrected chi connectivity index (χ1v) is 10.3. The van der Waals surface area contributed by atoms with Gasteiger partial charge in [0.1, 0.15) is 5.82 Å². The van der Waals surface area contributed by atoms with Gasteiger partial charge in [0.2, 0.25) is 0 Å². The highest BCUT2D eigenvalue weighted by Gasteiger charge is 2.19. The zero-order chi connectivity index (χ0) is 19.1. The summed E-state index contributed by atoms with van der Waals surface area (Å²) in [5.41, 5.74) is 1.55. The van der Waals surface area contributed by atoms with Crippen molar-refractivity contribution in [3.63, 3.8) is 0 Å². The van der Waals surface area contributed by atoms with Gasteiger partial charge in [-0.2, -0.15) is 0 Å². The minimum absolute atomic E-state index is 0. The number of morpholine rings is 1. The first kappa shape index (κ1) is 23.2. The molecule has 1 saturated carbocycles. The van der Waals surface area contributed by atoms with Crippen LogP contribution in [0.15, 0.2) is 23.2 Å². The third-order valence-corrected chi connectivity index (χ3v) is 5.48. The maximum absolute atomic E-state index is 14.6. The number of nitrogens with zero attached hydrogens (tertiary/aromatic N) is 2. The van der Waals surface area contributed by atoms with E-state index < -0.39 is 0 Å². The lowest BCUT2D eigenvalue weighted by Crippen LogP contribution is -2.44. The molecule has 1 aromatic carbocycles. The normalized spacial score (nSPS) is 23.1. The molecule has 2 aliphatic rings. The molecule has 1 saturated heterocycles. The Morgan fingerprint density at radius 1 is 1.21 bits per heavy atom. The molecule has 0 bridgehead atoms. The van der Waals surface area contributed by atoms with Gasteiger partial charge in [-0.1, -0.05) is 13.0 Å². The summed E-state index contributed by atoms with van der Waals surface area (Å²) in [6, 6.07) is 5.94. The molecular weight excluding hydrogens is 470 g/mol. The van der Waals surface area contributed by atoms with Gasteiger partial charge in [-0.05, 0) is 56.2 Å². The summed E-state index contributed by atoms with van der Waals surface area (Å²) in [7, 11) is 0. The van der Waals surface area contributed by atoms with Crippen LogP contribution in [0.5, 0.6) is 0 Å². The number of hydrogen-bond acceptors (Lipinski definition) is 3. The predicted octanol–water partition coefficient (Wildman–Crippen LogP) is 3.91. The number of hydrogen-bond donors (Lipinski definition) is 2. The maximum atomic E-state index is 14.6. The average Bonchev–Trinajstić information content (AvgIpc) is 2.69. The van der Waals surface area contributed by atoms with Crippen molar-refractivity contribution in [1.82, 2.24) is 10.6 Å². The molecule has 3 rings (SSSR count). The summed E-state index contributed by atoms with van der Waals surface area (Å²) < 4.78 is 19.9. The van der Waals surface area contributed by atoms with Gasteiger partial charge in [-0.3, -0.25) is 0 Å². The Morgan fingerprint density at radius 2 is 1.93 bits per heavy atom. The van der Waals surface area contributed by atoms with Crippen molar-refractivity contribution in [2.45, 2.75) is 52.1 Å². The fraction of sp³-hybridized carbons (Fsp3) is 0.667. The summed E-state index contributed by atoms with van der Waals surface area (Å²) in [5, 5.41) is 6.86. The van der Waals surface area contributed by atoms with Crippen LogP contribution in [0.2, 0.25) is 0 Å². The summed E-state index contributed by atoms with van der Waals surface area (Å²) in [6.07, 6.45) is 4.92. The Morgan fingerprint density at radius 3 is 2.57 bits per heavy atom. The Bertz CT molecular complexity index is 629. The lowest BCUT2D eigenvalue weighted by Gasteiger charge is -2.29. The van der Waals surface area contributed by atoms with E-state index in [1.807, 2.05) is 17.0 Å². The first-order valence-electron chi connectivity index (χ1n) is 10.3. The quantitative estimate of drug-likeness (QED) is 0.363. The largest absolute Gasteiger partial charge is 0.378 e. The van der Waals surface area contributed by atoms with Crippen molar-refractivity contribution in [3.05, 3.63) is 29.6 Å². The van der Waals surface area contributed by atoms with E-state index in [-0.39, 0.29) is 29.8 Å². The summed E-state index contributed by atoms with van der Waals surface area (Å²) >= 11 is 0. The van der Waals surface area contributed by atoms with Crippen molar-refractivity contribution in [3.8, 4) is 0 Å². The van der Waals surface area contributed by atoms with Crippen LogP contribution in [0.1, 0.15) is 45.1 Å². The molecule has 1 heterocycles. The molecule has 28 heavy (non-hydrogen) atoms. The monoisotopic (exact) mass is 504 g/mol. The first-order chi connectivity index (χ1) is 13.2. The number of guanidine groups is 1. The van der Waals surface area contributed by atoms with Crippen molar-refractivity contribution in [1.29, 1.82) is 0 Å². The van der Waals surface area contributed by atoms with Gasteiger partial charge in [-0.15, -0.1) is 24.0 Å². The number of anilines is 1. The number of nitrogens with one attached hydrogen (secondary N) is 2. The van der Waals surface area contributed by atoms with Crippen LogP contribution in [-0.2, 0) is 11.3 Å². The molecule has 0 aromatic heterocycles. The van der Waals surface area contributed by atoms with Gasteiger partial charge in [0, 0.05) is 25.7 Å². The zero-order valence-corrected chi connectivity index (χ0v) is 19.4. The lowest BCUT2D eigenvalue weighted by atomic mass is 9.87. The van der Waals surface area contributed by atoms with Gasteiger partial charge in [0.25, 0.3) is 0 Å². The highest BCUT2D eigenvalue weighted by atomic mass is 127. The van der Waals surface area contributed by atoms with Crippen LogP contribution < -0.4 is 15.5 Å². The van der Waals surface area contributed by atoms with Crippen molar-refractivity contribution in [2.24, 2.45) is 10.9 Å². The smallest absolute Gasteiger partial charge is 0.191 e. The van der Waals surface area contributed by atoms with Crippen LogP contribution in [0, 0.1) is 11.7 Å². The zero-order valence-electron chi connectivity index (χ0n) is 17.0. The third-order valence-electron chi connectivity index (χ3n) is 5.48. The van der Waals surface area contributed by atoms with Crippen LogP contribution >= 0.6 is 24.0 Å². The van der Waals surface area contributed by atoms with Gasteiger partial charge >= 0.3 is 0 Å². The Balaban J connectivity index is 0.00000280. The highest BCUT2D eigenvalue weighted by Crippen LogP contribution is 2.24. The molecule has 158 valence electrons. The Hall–Kier alpha value is -1.09. The van der Waals surface area contributed by atoms with E-state index in [4.69, 9.17) is 4.74 Å². The molecule has 1 aliphatic carbocycles. The fourth-order valence-corrected chi connectivity index (χ4v) is 3.80. The second-order valence-corrected chi connectivity index (χ2v) is 7.68. The van der Waals surface area contributed by atoms with Crippen molar-refractivity contribution in [2.75, 3.05) is 37.7 Å². The summed E-state index contributed by atoms with van der Waals surface area (Å²) in [6.45, 7) is 8.47. The third kappa shape index (κ3) is 6.76. The fourth-order valence-electron chi connectivity index (χ4n) is 3.80. The van der Waals surface area contributed by atoms with E-state index in [0.29, 0.717) is 31.5 Å². The van der Waals surface area contributed by atoms with Gasteiger partial charge < -0.3 is 20.3 Å². The molecule has 1 aliphatic heterocycles. The molecule has 2 N–H and O–H groups in total. The number of aliphatic imine (C=N–C) groups is 1. The molecule has 0 amide bonds.